The Morgan fingerprint density at radius 3 is 2.59 bits per heavy atom. The van der Waals surface area contributed by atoms with E-state index >= 15 is 0 Å². The molecule has 0 radical (unpaired) electrons. The van der Waals surface area contributed by atoms with Crippen molar-refractivity contribution in [2.75, 3.05) is 4.72 Å². The molecule has 0 bridgehead atoms. The van der Waals surface area contributed by atoms with E-state index in [1.165, 1.54) is 12.1 Å². The van der Waals surface area contributed by atoms with Crippen molar-refractivity contribution in [2.45, 2.75) is 31.1 Å². The molecule has 2 aromatic carbocycles. The largest absolute Gasteiger partial charge is 0.461 e. The van der Waals surface area contributed by atoms with Crippen LogP contribution in [-0.2, 0) is 22.9 Å². The maximum Gasteiger partial charge on any atom is 0.263 e. The zero-order valence-corrected chi connectivity index (χ0v) is 17.4. The van der Waals surface area contributed by atoms with Crippen molar-refractivity contribution >= 4 is 61.5 Å². The second-order valence-corrected chi connectivity index (χ2v) is 9.74. The van der Waals surface area contributed by atoms with Gasteiger partial charge in [-0.05, 0) is 49.1 Å². The number of rotatable bonds is 3. The highest BCUT2D eigenvalue weighted by Crippen LogP contribution is 2.36. The van der Waals surface area contributed by atoms with Gasteiger partial charge in [-0.3, -0.25) is 4.72 Å². The van der Waals surface area contributed by atoms with Gasteiger partial charge in [-0.2, -0.15) is 0 Å². The van der Waals surface area contributed by atoms with E-state index in [4.69, 9.17) is 39.2 Å². The lowest BCUT2D eigenvalue weighted by Gasteiger charge is -2.16. The Bertz CT molecular complexity index is 1150. The van der Waals surface area contributed by atoms with Gasteiger partial charge in [-0.15, -0.1) is 0 Å². The predicted molar refractivity (Wildman–Crippen MR) is 110 cm³/mol. The number of fused-ring (bicyclic) bond motifs is 3. The number of sulfonamides is 1. The number of hydrogen-bond acceptors (Lipinski definition) is 3. The van der Waals surface area contributed by atoms with E-state index in [1.54, 1.807) is 18.2 Å². The molecule has 0 saturated carbocycles. The molecule has 0 aliphatic heterocycles. The number of furan rings is 1. The topological polar surface area (TPSA) is 59.3 Å². The second-order valence-electron chi connectivity index (χ2n) is 6.86. The zero-order chi connectivity index (χ0) is 19.3. The van der Waals surface area contributed by atoms with Gasteiger partial charge in [0.2, 0.25) is 0 Å². The Morgan fingerprint density at radius 1 is 1.07 bits per heavy atom. The van der Waals surface area contributed by atoms with Gasteiger partial charge in [0.25, 0.3) is 10.0 Å². The number of halogens is 3. The molecular weight excluding hydrogens is 429 g/mol. The zero-order valence-electron chi connectivity index (χ0n) is 14.4. The Balaban J connectivity index is 1.73. The quantitative estimate of drug-likeness (QED) is 0.481. The Labute approximate surface area is 172 Å². The van der Waals surface area contributed by atoms with Crippen LogP contribution in [0.5, 0.6) is 0 Å². The van der Waals surface area contributed by atoms with Crippen molar-refractivity contribution in [2.24, 2.45) is 5.92 Å². The third-order valence-electron chi connectivity index (χ3n) is 4.81. The van der Waals surface area contributed by atoms with Gasteiger partial charge in [-0.25, -0.2) is 8.42 Å². The Hall–Kier alpha value is -1.40. The normalized spacial score (nSPS) is 17.1. The predicted octanol–water partition coefficient (Wildman–Crippen LogP) is 6.32. The first-order valence-electron chi connectivity index (χ1n) is 8.46. The lowest BCUT2D eigenvalue weighted by molar-refractivity contribution is 0.438. The van der Waals surface area contributed by atoms with Crippen molar-refractivity contribution in [3.8, 4) is 0 Å². The van der Waals surface area contributed by atoms with E-state index < -0.39 is 10.0 Å². The summed E-state index contributed by atoms with van der Waals surface area (Å²) in [5.41, 5.74) is 2.37. The molecule has 27 heavy (non-hydrogen) atoms. The van der Waals surface area contributed by atoms with Crippen LogP contribution in [0.2, 0.25) is 15.1 Å². The molecular formula is C19H16Cl3NO3S. The summed E-state index contributed by atoms with van der Waals surface area (Å²) in [6.07, 6.45) is 2.93. The van der Waals surface area contributed by atoms with Crippen LogP contribution in [0.3, 0.4) is 0 Å². The summed E-state index contributed by atoms with van der Waals surface area (Å²) in [6.45, 7) is 2.21. The fraction of sp³-hybridized carbons (Fsp3) is 0.263. The summed E-state index contributed by atoms with van der Waals surface area (Å²) in [6, 6.07) is 7.82. The molecule has 3 aromatic rings. The fourth-order valence-electron chi connectivity index (χ4n) is 3.44. The first-order valence-corrected chi connectivity index (χ1v) is 11.1. The number of hydrogen-bond donors (Lipinski definition) is 1. The van der Waals surface area contributed by atoms with E-state index in [9.17, 15) is 8.42 Å². The second kappa shape index (κ2) is 6.89. The molecule has 1 N–H and O–H groups in total. The minimum atomic E-state index is -3.92. The van der Waals surface area contributed by atoms with E-state index in [1.807, 2.05) is 0 Å². The molecule has 0 fully saturated rings. The lowest BCUT2D eigenvalue weighted by Crippen LogP contribution is -2.13. The van der Waals surface area contributed by atoms with Crippen LogP contribution in [0, 0.1) is 5.92 Å². The van der Waals surface area contributed by atoms with Crippen LogP contribution in [0.15, 0.2) is 39.6 Å². The molecule has 0 spiro atoms. The highest BCUT2D eigenvalue weighted by Gasteiger charge is 2.24. The summed E-state index contributed by atoms with van der Waals surface area (Å²) in [7, 11) is -3.92. The van der Waals surface area contributed by atoms with Crippen molar-refractivity contribution in [1.82, 2.24) is 0 Å². The molecule has 4 nitrogen and oxygen atoms in total. The molecule has 0 amide bonds. The molecule has 4 rings (SSSR count). The van der Waals surface area contributed by atoms with Gasteiger partial charge >= 0.3 is 0 Å². The molecule has 1 aliphatic rings. The van der Waals surface area contributed by atoms with Crippen LogP contribution in [-0.4, -0.2) is 8.42 Å². The number of benzene rings is 2. The van der Waals surface area contributed by atoms with Crippen LogP contribution < -0.4 is 4.72 Å². The minimum Gasteiger partial charge on any atom is -0.461 e. The van der Waals surface area contributed by atoms with Crippen molar-refractivity contribution < 1.29 is 12.8 Å². The van der Waals surface area contributed by atoms with Gasteiger partial charge in [-0.1, -0.05) is 41.7 Å². The van der Waals surface area contributed by atoms with E-state index in [2.05, 4.69) is 11.6 Å². The lowest BCUT2D eigenvalue weighted by atomic mass is 9.88. The van der Waals surface area contributed by atoms with Crippen molar-refractivity contribution in [1.29, 1.82) is 0 Å². The van der Waals surface area contributed by atoms with E-state index in [0.717, 1.165) is 41.6 Å². The van der Waals surface area contributed by atoms with Crippen LogP contribution in [0.25, 0.3) is 11.0 Å². The van der Waals surface area contributed by atoms with Gasteiger partial charge in [0.1, 0.15) is 16.2 Å². The molecule has 1 heterocycles. The average molecular weight is 445 g/mol. The fourth-order valence-corrected chi connectivity index (χ4v) is 5.49. The number of anilines is 1. The highest BCUT2D eigenvalue weighted by atomic mass is 35.5. The summed E-state index contributed by atoms with van der Waals surface area (Å²) < 4.78 is 34.1. The minimum absolute atomic E-state index is 0.00694. The number of aryl methyl sites for hydroxylation is 1. The maximum absolute atomic E-state index is 12.8. The molecule has 1 aliphatic carbocycles. The van der Waals surface area contributed by atoms with Gasteiger partial charge in [0, 0.05) is 23.1 Å². The van der Waals surface area contributed by atoms with Crippen LogP contribution in [0.4, 0.5) is 5.69 Å². The summed E-state index contributed by atoms with van der Waals surface area (Å²) in [4.78, 5) is -0.124. The third-order valence-corrected chi connectivity index (χ3v) is 7.38. The van der Waals surface area contributed by atoms with Crippen molar-refractivity contribution in [3.63, 3.8) is 0 Å². The molecule has 1 atom stereocenters. The highest BCUT2D eigenvalue weighted by molar-refractivity contribution is 7.92. The summed E-state index contributed by atoms with van der Waals surface area (Å²) in [5.74, 6) is 1.57. The van der Waals surface area contributed by atoms with E-state index in [-0.39, 0.29) is 20.0 Å². The van der Waals surface area contributed by atoms with Crippen LogP contribution in [0.1, 0.15) is 24.7 Å². The molecule has 1 aromatic heterocycles. The van der Waals surface area contributed by atoms with E-state index in [0.29, 0.717) is 11.6 Å². The standard InChI is InChI=1S/C19H16Cl3NO3S/c1-10-2-4-17-12(6-10)13-7-11(3-5-18(13)26-17)23-27(24,25)19-9-15(21)14(20)8-16(19)22/h3,5,7-10,23H,2,4,6H2,1H3. The molecule has 142 valence electrons. The van der Waals surface area contributed by atoms with Gasteiger partial charge in [0.05, 0.1) is 15.1 Å². The third kappa shape index (κ3) is 3.54. The smallest absolute Gasteiger partial charge is 0.263 e. The summed E-state index contributed by atoms with van der Waals surface area (Å²) >= 11 is 17.9. The van der Waals surface area contributed by atoms with Gasteiger partial charge in [0.15, 0.2) is 0 Å². The molecule has 1 unspecified atom stereocenters. The molecule has 8 heteroatoms. The Kier molecular flexibility index (Phi) is 4.83. The Morgan fingerprint density at radius 2 is 1.81 bits per heavy atom. The van der Waals surface area contributed by atoms with Crippen molar-refractivity contribution in [3.05, 3.63) is 56.7 Å². The molecule has 0 saturated heterocycles. The average Bonchev–Trinajstić information content (AvgIpc) is 2.95. The monoisotopic (exact) mass is 443 g/mol. The number of nitrogens with one attached hydrogen (secondary N) is 1. The summed E-state index contributed by atoms with van der Waals surface area (Å²) in [5, 5.41) is 1.26. The van der Waals surface area contributed by atoms with Crippen LogP contribution >= 0.6 is 34.8 Å². The SMILES string of the molecule is CC1CCc2oc3ccc(NS(=O)(=O)c4cc(Cl)c(Cl)cc4Cl)cc3c2C1. The first kappa shape index (κ1) is 18.9. The first-order chi connectivity index (χ1) is 12.7. The maximum atomic E-state index is 12.8. The van der Waals surface area contributed by atoms with Gasteiger partial charge < -0.3 is 4.42 Å².